The van der Waals surface area contributed by atoms with Gasteiger partial charge in [0.15, 0.2) is 0 Å². The molecule has 0 saturated carbocycles. The molecule has 1 rings (SSSR count). The maximum absolute atomic E-state index is 12.3. The molecule has 0 aromatic carbocycles. The van der Waals surface area contributed by atoms with Crippen molar-refractivity contribution in [3.8, 4) is 0 Å². The fourth-order valence-electron chi connectivity index (χ4n) is 1.58. The van der Waals surface area contributed by atoms with Crippen molar-refractivity contribution in [1.82, 2.24) is 15.4 Å². The number of hydroxylamine groups is 1. The van der Waals surface area contributed by atoms with Crippen LogP contribution in [0.1, 0.15) is 13.8 Å². The largest absolute Gasteiger partial charge is 0.377 e. The predicted octanol–water partition coefficient (Wildman–Crippen LogP) is -0.496. The van der Waals surface area contributed by atoms with Crippen LogP contribution in [0.4, 0.5) is 5.82 Å². The van der Waals surface area contributed by atoms with E-state index in [1.165, 1.54) is 17.4 Å². The topological polar surface area (TPSA) is 129 Å². The van der Waals surface area contributed by atoms with Crippen molar-refractivity contribution in [1.29, 1.82) is 0 Å². The second-order valence-corrected chi connectivity index (χ2v) is 4.85. The van der Waals surface area contributed by atoms with E-state index < -0.39 is 5.54 Å². The van der Waals surface area contributed by atoms with Gasteiger partial charge in [-0.05, 0) is 13.8 Å². The average Bonchev–Trinajstić information content (AvgIpc) is 2.99. The second kappa shape index (κ2) is 7.72. The Morgan fingerprint density at radius 1 is 1.71 bits per heavy atom. The Hall–Kier alpha value is -1.97. The van der Waals surface area contributed by atoms with E-state index >= 15 is 0 Å². The van der Waals surface area contributed by atoms with Gasteiger partial charge in [-0.1, -0.05) is 0 Å². The monoisotopic (exact) mass is 298 g/mol. The number of hydrogen-bond donors (Lipinski definition) is 4. The molecule has 5 N–H and O–H groups in total. The fraction of sp³-hybridized carbons (Fsp3) is 0.583. The lowest BCUT2D eigenvalue weighted by Gasteiger charge is -2.28. The molecule has 0 bridgehead atoms. The van der Waals surface area contributed by atoms with Crippen LogP contribution in [0.15, 0.2) is 17.5 Å². The zero-order chi connectivity index (χ0) is 15.9. The summed E-state index contributed by atoms with van der Waals surface area (Å²) in [6.45, 7) is 3.94. The van der Waals surface area contributed by atoms with Gasteiger partial charge in [0.25, 0.3) is 0 Å². The third-order valence-electron chi connectivity index (χ3n) is 2.79. The summed E-state index contributed by atoms with van der Waals surface area (Å²) >= 11 is 0. The molecule has 0 fully saturated rings. The van der Waals surface area contributed by atoms with Gasteiger partial charge in [-0.2, -0.15) is 0 Å². The minimum Gasteiger partial charge on any atom is -0.377 e. The molecule has 1 heterocycles. The number of aromatic amines is 1. The molecule has 9 heteroatoms. The number of ether oxygens (including phenoxy) is 1. The summed E-state index contributed by atoms with van der Waals surface area (Å²) in [4.78, 5) is 24.3. The molecule has 1 amide bonds. The SMILES string of the molecule is CC(=NCCOC[C@](C)(N)C(=O)N(C)c1cnc[nH]1)NO. The number of aliphatic imine (C=N–C) groups is 1. The number of likely N-dealkylation sites (N-methyl/N-ethyl adjacent to an activating group) is 1. The average molecular weight is 298 g/mol. The van der Waals surface area contributed by atoms with Gasteiger partial charge in [-0.3, -0.25) is 25.4 Å². The number of nitrogens with zero attached hydrogens (tertiary/aromatic N) is 3. The number of carbonyl (C=O) groups excluding carboxylic acids is 1. The van der Waals surface area contributed by atoms with Crippen LogP contribution in [0.3, 0.4) is 0 Å². The van der Waals surface area contributed by atoms with Gasteiger partial charge in [0.2, 0.25) is 5.91 Å². The van der Waals surface area contributed by atoms with Gasteiger partial charge in [0, 0.05) is 7.05 Å². The molecule has 1 aromatic heterocycles. The van der Waals surface area contributed by atoms with Crippen molar-refractivity contribution in [3.05, 3.63) is 12.5 Å². The molecule has 0 saturated heterocycles. The lowest BCUT2D eigenvalue weighted by molar-refractivity contribution is -0.125. The van der Waals surface area contributed by atoms with E-state index in [1.807, 2.05) is 5.48 Å². The Labute approximate surface area is 123 Å². The van der Waals surface area contributed by atoms with Crippen molar-refractivity contribution in [2.45, 2.75) is 19.4 Å². The van der Waals surface area contributed by atoms with E-state index in [1.54, 1.807) is 20.9 Å². The Balaban J connectivity index is 2.44. The lowest BCUT2D eigenvalue weighted by atomic mass is 10.0. The summed E-state index contributed by atoms with van der Waals surface area (Å²) in [5, 5.41) is 8.55. The number of nitrogens with one attached hydrogen (secondary N) is 2. The zero-order valence-electron chi connectivity index (χ0n) is 12.5. The fourth-order valence-corrected chi connectivity index (χ4v) is 1.58. The Morgan fingerprint density at radius 2 is 2.43 bits per heavy atom. The highest BCUT2D eigenvalue weighted by Crippen LogP contribution is 2.12. The maximum atomic E-state index is 12.3. The van der Waals surface area contributed by atoms with Gasteiger partial charge in [0.1, 0.15) is 17.2 Å². The normalized spacial score (nSPS) is 14.6. The summed E-state index contributed by atoms with van der Waals surface area (Å²) in [5.74, 6) is 0.665. The van der Waals surface area contributed by atoms with Gasteiger partial charge < -0.3 is 15.5 Å². The zero-order valence-corrected chi connectivity index (χ0v) is 12.5. The van der Waals surface area contributed by atoms with Crippen LogP contribution < -0.4 is 16.1 Å². The lowest BCUT2D eigenvalue weighted by Crippen LogP contribution is -2.55. The number of hydrogen-bond acceptors (Lipinski definition) is 6. The smallest absolute Gasteiger partial charge is 0.250 e. The van der Waals surface area contributed by atoms with Crippen LogP contribution in [0.25, 0.3) is 0 Å². The maximum Gasteiger partial charge on any atom is 0.250 e. The Bertz CT molecular complexity index is 471. The minimum atomic E-state index is -1.16. The summed E-state index contributed by atoms with van der Waals surface area (Å²) in [5.41, 5.74) is 6.76. The molecule has 1 atom stereocenters. The van der Waals surface area contributed by atoms with Crippen molar-refractivity contribution in [2.75, 3.05) is 31.7 Å². The van der Waals surface area contributed by atoms with Gasteiger partial charge in [0.05, 0.1) is 32.3 Å². The molecular formula is C12H22N6O3. The molecule has 9 nitrogen and oxygen atoms in total. The molecule has 0 spiro atoms. The first-order valence-corrected chi connectivity index (χ1v) is 6.43. The quantitative estimate of drug-likeness (QED) is 0.232. The predicted molar refractivity (Wildman–Crippen MR) is 78.3 cm³/mol. The highest BCUT2D eigenvalue weighted by atomic mass is 16.5. The molecule has 118 valence electrons. The van der Waals surface area contributed by atoms with E-state index in [0.29, 0.717) is 24.8 Å². The number of aromatic nitrogens is 2. The molecule has 0 aliphatic heterocycles. The number of rotatable bonds is 7. The first kappa shape index (κ1) is 17.1. The number of anilines is 1. The first-order chi connectivity index (χ1) is 9.88. The summed E-state index contributed by atoms with van der Waals surface area (Å²) in [7, 11) is 1.61. The van der Waals surface area contributed by atoms with Crippen LogP contribution in [0.2, 0.25) is 0 Å². The van der Waals surface area contributed by atoms with Gasteiger partial charge in [-0.15, -0.1) is 0 Å². The first-order valence-electron chi connectivity index (χ1n) is 6.43. The van der Waals surface area contributed by atoms with E-state index in [2.05, 4.69) is 15.0 Å². The highest BCUT2D eigenvalue weighted by molar-refractivity contribution is 5.98. The summed E-state index contributed by atoms with van der Waals surface area (Å²) in [6.07, 6.45) is 3.02. The number of amidine groups is 1. The molecule has 0 aliphatic carbocycles. The van der Waals surface area contributed by atoms with E-state index in [9.17, 15) is 4.79 Å². The minimum absolute atomic E-state index is 0.0609. The number of amides is 1. The number of nitrogens with two attached hydrogens (primary N) is 1. The van der Waals surface area contributed by atoms with Crippen molar-refractivity contribution in [3.63, 3.8) is 0 Å². The van der Waals surface area contributed by atoms with Crippen molar-refractivity contribution in [2.24, 2.45) is 10.7 Å². The van der Waals surface area contributed by atoms with Gasteiger partial charge in [-0.25, -0.2) is 4.98 Å². The van der Waals surface area contributed by atoms with Crippen LogP contribution in [0, 0.1) is 0 Å². The number of H-pyrrole nitrogens is 1. The van der Waals surface area contributed by atoms with Crippen LogP contribution in [0.5, 0.6) is 0 Å². The van der Waals surface area contributed by atoms with E-state index in [4.69, 9.17) is 15.7 Å². The number of imidazole rings is 1. The number of carbonyl (C=O) groups is 1. The molecule has 0 aliphatic rings. The molecule has 0 radical (unpaired) electrons. The molecular weight excluding hydrogens is 276 g/mol. The molecule has 0 unspecified atom stereocenters. The van der Waals surface area contributed by atoms with Crippen molar-refractivity contribution < 1.29 is 14.7 Å². The Kier molecular flexibility index (Phi) is 6.28. The highest BCUT2D eigenvalue weighted by Gasteiger charge is 2.32. The van der Waals surface area contributed by atoms with Crippen LogP contribution in [-0.2, 0) is 9.53 Å². The second-order valence-electron chi connectivity index (χ2n) is 4.85. The summed E-state index contributed by atoms with van der Waals surface area (Å²) in [6, 6.07) is 0. The van der Waals surface area contributed by atoms with Crippen molar-refractivity contribution >= 4 is 17.6 Å². The van der Waals surface area contributed by atoms with E-state index in [-0.39, 0.29) is 12.5 Å². The van der Waals surface area contributed by atoms with Gasteiger partial charge >= 0.3 is 0 Å². The van der Waals surface area contributed by atoms with Crippen LogP contribution in [-0.4, -0.2) is 59.3 Å². The standard InChI is InChI=1S/C12H22N6O3/c1-9(17-20)15-4-5-21-7-12(2,13)11(19)18(3)10-6-14-8-16-10/h6,8,20H,4-5,7,13H2,1-3H3,(H,14,16)(H,15,17)/t12-/m0/s1. The van der Waals surface area contributed by atoms with E-state index in [0.717, 1.165) is 0 Å². The summed E-state index contributed by atoms with van der Waals surface area (Å²) < 4.78 is 5.37. The Morgan fingerprint density at radius 3 is 3.00 bits per heavy atom. The molecule has 21 heavy (non-hydrogen) atoms. The molecule has 1 aromatic rings. The third-order valence-corrected chi connectivity index (χ3v) is 2.79. The van der Waals surface area contributed by atoms with Crippen LogP contribution >= 0.6 is 0 Å². The third kappa shape index (κ3) is 5.14.